The van der Waals surface area contributed by atoms with Crippen LogP contribution in [0.5, 0.6) is 0 Å². The molecule has 1 aromatic rings. The third-order valence-electron chi connectivity index (χ3n) is 3.75. The standard InChI is InChI=1S/C11H19N5OS/c12-9-5-6-17-7-10(9)18-11-13-14-15-16(11)8-3-1-2-4-8/h8-10H,1-7,12H2. The van der Waals surface area contributed by atoms with Crippen molar-refractivity contribution in [3.63, 3.8) is 0 Å². The SMILES string of the molecule is NC1CCOCC1Sc1nnnn1C1CCCC1. The Hall–Kier alpha value is -0.660. The van der Waals surface area contributed by atoms with Crippen molar-refractivity contribution in [1.29, 1.82) is 0 Å². The van der Waals surface area contributed by atoms with E-state index in [1.807, 2.05) is 4.68 Å². The molecule has 1 aromatic heterocycles. The van der Waals surface area contributed by atoms with E-state index in [1.165, 1.54) is 25.7 Å². The summed E-state index contributed by atoms with van der Waals surface area (Å²) in [5.74, 6) is 0. The molecule has 2 N–H and O–H groups in total. The van der Waals surface area contributed by atoms with Gasteiger partial charge in [-0.1, -0.05) is 24.6 Å². The summed E-state index contributed by atoms with van der Waals surface area (Å²) in [4.78, 5) is 0. The van der Waals surface area contributed by atoms with Gasteiger partial charge in [0.15, 0.2) is 0 Å². The number of nitrogens with zero attached hydrogens (tertiary/aromatic N) is 4. The molecule has 1 aliphatic heterocycles. The van der Waals surface area contributed by atoms with Gasteiger partial charge in [0.25, 0.3) is 0 Å². The van der Waals surface area contributed by atoms with Crippen molar-refractivity contribution in [2.75, 3.05) is 13.2 Å². The van der Waals surface area contributed by atoms with Gasteiger partial charge in [-0.25, -0.2) is 4.68 Å². The summed E-state index contributed by atoms with van der Waals surface area (Å²) in [6.45, 7) is 1.47. The molecule has 6 nitrogen and oxygen atoms in total. The Morgan fingerprint density at radius 1 is 1.28 bits per heavy atom. The highest BCUT2D eigenvalue weighted by Gasteiger charge is 2.28. The Morgan fingerprint density at radius 3 is 2.89 bits per heavy atom. The number of hydrogen-bond donors (Lipinski definition) is 1. The number of hydrogen-bond acceptors (Lipinski definition) is 6. The van der Waals surface area contributed by atoms with Gasteiger partial charge in [0.05, 0.1) is 17.9 Å². The summed E-state index contributed by atoms with van der Waals surface area (Å²) in [5.41, 5.74) is 6.12. The topological polar surface area (TPSA) is 78.8 Å². The summed E-state index contributed by atoms with van der Waals surface area (Å²) in [6.07, 6.45) is 5.85. The molecule has 2 atom stereocenters. The van der Waals surface area contributed by atoms with Crippen LogP contribution in [-0.2, 0) is 4.74 Å². The Labute approximate surface area is 111 Å². The molecule has 7 heteroatoms. The van der Waals surface area contributed by atoms with Gasteiger partial charge < -0.3 is 10.5 Å². The highest BCUT2D eigenvalue weighted by atomic mass is 32.2. The van der Waals surface area contributed by atoms with E-state index in [2.05, 4.69) is 15.5 Å². The van der Waals surface area contributed by atoms with E-state index < -0.39 is 0 Å². The van der Waals surface area contributed by atoms with Crippen molar-refractivity contribution in [2.45, 2.75) is 54.6 Å². The van der Waals surface area contributed by atoms with Crippen LogP contribution in [0.3, 0.4) is 0 Å². The largest absolute Gasteiger partial charge is 0.380 e. The molecule has 2 aliphatic rings. The number of nitrogens with two attached hydrogens (primary N) is 1. The Kier molecular flexibility index (Phi) is 3.81. The average Bonchev–Trinajstić information content (AvgIpc) is 3.02. The average molecular weight is 269 g/mol. The lowest BCUT2D eigenvalue weighted by atomic mass is 10.1. The highest BCUT2D eigenvalue weighted by Crippen LogP contribution is 2.33. The molecular formula is C11H19N5OS. The molecule has 1 aliphatic carbocycles. The fourth-order valence-electron chi connectivity index (χ4n) is 2.63. The Morgan fingerprint density at radius 2 is 2.11 bits per heavy atom. The first-order chi connectivity index (χ1) is 8.84. The number of thioether (sulfide) groups is 1. The van der Waals surface area contributed by atoms with Gasteiger partial charge in [-0.3, -0.25) is 0 Å². The van der Waals surface area contributed by atoms with Gasteiger partial charge in [-0.2, -0.15) is 0 Å². The molecule has 0 amide bonds. The monoisotopic (exact) mass is 269 g/mol. The van der Waals surface area contributed by atoms with Gasteiger partial charge in [0, 0.05) is 12.6 Å². The fraction of sp³-hybridized carbons (Fsp3) is 0.909. The van der Waals surface area contributed by atoms with E-state index in [9.17, 15) is 0 Å². The summed E-state index contributed by atoms with van der Waals surface area (Å²) in [5, 5.41) is 13.3. The lowest BCUT2D eigenvalue weighted by Gasteiger charge is -2.27. The molecule has 0 spiro atoms. The predicted molar refractivity (Wildman–Crippen MR) is 68.4 cm³/mol. The minimum Gasteiger partial charge on any atom is -0.380 e. The van der Waals surface area contributed by atoms with Gasteiger partial charge in [0.1, 0.15) is 0 Å². The minimum absolute atomic E-state index is 0.178. The zero-order valence-electron chi connectivity index (χ0n) is 10.4. The Balaban J connectivity index is 1.70. The number of tetrazole rings is 1. The van der Waals surface area contributed by atoms with E-state index in [4.69, 9.17) is 10.5 Å². The van der Waals surface area contributed by atoms with Crippen LogP contribution < -0.4 is 5.73 Å². The first-order valence-corrected chi connectivity index (χ1v) is 7.50. The summed E-state index contributed by atoms with van der Waals surface area (Å²) >= 11 is 1.67. The molecule has 0 bridgehead atoms. The zero-order valence-corrected chi connectivity index (χ0v) is 11.2. The van der Waals surface area contributed by atoms with Crippen LogP contribution in [0.1, 0.15) is 38.1 Å². The minimum atomic E-state index is 0.178. The van der Waals surface area contributed by atoms with Crippen LogP contribution >= 0.6 is 11.8 Å². The lowest BCUT2D eigenvalue weighted by Crippen LogP contribution is -2.41. The van der Waals surface area contributed by atoms with Crippen LogP contribution in [0.4, 0.5) is 0 Å². The molecule has 2 heterocycles. The van der Waals surface area contributed by atoms with Crippen molar-refractivity contribution < 1.29 is 4.74 Å². The van der Waals surface area contributed by atoms with Crippen LogP contribution in [0.2, 0.25) is 0 Å². The second-order valence-electron chi connectivity index (χ2n) is 5.03. The van der Waals surface area contributed by atoms with E-state index >= 15 is 0 Å². The quantitative estimate of drug-likeness (QED) is 0.882. The Bertz CT molecular complexity index is 393. The van der Waals surface area contributed by atoms with Crippen LogP contribution in [0, 0.1) is 0 Å². The second kappa shape index (κ2) is 5.54. The molecule has 0 aromatic carbocycles. The van der Waals surface area contributed by atoms with Crippen LogP contribution in [-0.4, -0.2) is 44.7 Å². The number of aromatic nitrogens is 4. The predicted octanol–water partition coefficient (Wildman–Crippen LogP) is 0.996. The van der Waals surface area contributed by atoms with Crippen molar-refractivity contribution in [2.24, 2.45) is 5.73 Å². The van der Waals surface area contributed by atoms with E-state index in [-0.39, 0.29) is 11.3 Å². The summed E-state index contributed by atoms with van der Waals surface area (Å²) in [6, 6.07) is 0.653. The van der Waals surface area contributed by atoms with E-state index in [0.29, 0.717) is 12.6 Å². The second-order valence-corrected chi connectivity index (χ2v) is 6.23. The van der Waals surface area contributed by atoms with Crippen LogP contribution in [0.25, 0.3) is 0 Å². The lowest BCUT2D eigenvalue weighted by molar-refractivity contribution is 0.0914. The van der Waals surface area contributed by atoms with Gasteiger partial charge in [-0.15, -0.1) is 5.10 Å². The molecule has 3 rings (SSSR count). The molecule has 2 fully saturated rings. The van der Waals surface area contributed by atoms with Crippen molar-refractivity contribution >= 4 is 11.8 Å². The molecule has 18 heavy (non-hydrogen) atoms. The van der Waals surface area contributed by atoms with Gasteiger partial charge in [-0.05, 0) is 29.7 Å². The van der Waals surface area contributed by atoms with E-state index in [1.54, 1.807) is 11.8 Å². The normalized spacial score (nSPS) is 29.8. The number of ether oxygens (including phenoxy) is 1. The maximum atomic E-state index is 6.12. The molecule has 1 saturated heterocycles. The molecule has 100 valence electrons. The molecular weight excluding hydrogens is 250 g/mol. The fourth-order valence-corrected chi connectivity index (χ4v) is 3.75. The van der Waals surface area contributed by atoms with Crippen LogP contribution in [0.15, 0.2) is 5.16 Å². The van der Waals surface area contributed by atoms with Crippen molar-refractivity contribution in [1.82, 2.24) is 20.2 Å². The van der Waals surface area contributed by atoms with Crippen molar-refractivity contribution in [3.8, 4) is 0 Å². The zero-order chi connectivity index (χ0) is 12.4. The summed E-state index contributed by atoms with van der Waals surface area (Å²) < 4.78 is 7.47. The smallest absolute Gasteiger partial charge is 0.209 e. The molecule has 2 unspecified atom stereocenters. The molecule has 0 radical (unpaired) electrons. The first-order valence-electron chi connectivity index (χ1n) is 6.62. The van der Waals surface area contributed by atoms with Gasteiger partial charge in [0.2, 0.25) is 5.16 Å². The van der Waals surface area contributed by atoms with Gasteiger partial charge >= 0.3 is 0 Å². The summed E-state index contributed by atoms with van der Waals surface area (Å²) in [7, 11) is 0. The first kappa shape index (κ1) is 12.4. The third-order valence-corrected chi connectivity index (χ3v) is 5.01. The third kappa shape index (κ3) is 2.53. The molecule has 1 saturated carbocycles. The number of rotatable bonds is 3. The highest BCUT2D eigenvalue weighted by molar-refractivity contribution is 7.99. The van der Waals surface area contributed by atoms with E-state index in [0.717, 1.165) is 18.2 Å². The van der Waals surface area contributed by atoms with Crippen molar-refractivity contribution in [3.05, 3.63) is 0 Å². The maximum absolute atomic E-state index is 6.12. The maximum Gasteiger partial charge on any atom is 0.209 e.